The molecule has 122 valence electrons. The highest BCUT2D eigenvalue weighted by Gasteiger charge is 2.29. The molecule has 0 aromatic carbocycles. The molecule has 0 spiro atoms. The molecule has 0 radical (unpaired) electrons. The highest BCUT2D eigenvalue weighted by Crippen LogP contribution is 2.15. The van der Waals surface area contributed by atoms with Crippen molar-refractivity contribution in [2.45, 2.75) is 65.5 Å². The lowest BCUT2D eigenvalue weighted by Gasteiger charge is -2.03. The van der Waals surface area contributed by atoms with Gasteiger partial charge in [0.15, 0.2) is 0 Å². The van der Waals surface area contributed by atoms with E-state index in [0.717, 1.165) is 13.1 Å². The number of rotatable bonds is 9. The third-order valence-electron chi connectivity index (χ3n) is 4.36. The van der Waals surface area contributed by atoms with Crippen molar-refractivity contribution in [3.63, 3.8) is 0 Å². The van der Waals surface area contributed by atoms with E-state index in [9.17, 15) is 0 Å². The zero-order valence-electron chi connectivity index (χ0n) is 14.8. The molecule has 0 saturated heterocycles. The SMILES string of the molecule is CCCCCCn1cc[n+](C)c1-c1n(CCCC)cc[n+]1C. The first-order chi connectivity index (χ1) is 10.7. The molecule has 4 heteroatoms. The summed E-state index contributed by atoms with van der Waals surface area (Å²) in [7, 11) is 4.29. The van der Waals surface area contributed by atoms with Gasteiger partial charge in [0.05, 0.1) is 27.2 Å². The quantitative estimate of drug-likeness (QED) is 0.501. The summed E-state index contributed by atoms with van der Waals surface area (Å²) in [4.78, 5) is 0. The van der Waals surface area contributed by atoms with Gasteiger partial charge in [0.2, 0.25) is 0 Å². The summed E-state index contributed by atoms with van der Waals surface area (Å²) >= 11 is 0. The summed E-state index contributed by atoms with van der Waals surface area (Å²) in [6, 6.07) is 0. The van der Waals surface area contributed by atoms with Gasteiger partial charge in [-0.05, 0) is 19.3 Å². The standard InChI is InChI=1S/C18H32N4/c1-5-7-9-10-12-22-16-14-20(4)18(22)17-19(3)13-15-21(17)11-8-6-2/h13-16H,5-12H2,1-4H3/q+2. The van der Waals surface area contributed by atoms with E-state index in [0.29, 0.717) is 0 Å². The van der Waals surface area contributed by atoms with Crippen molar-refractivity contribution in [1.82, 2.24) is 9.13 Å². The molecule has 2 rings (SSSR count). The van der Waals surface area contributed by atoms with Gasteiger partial charge >= 0.3 is 11.6 Å². The third-order valence-corrected chi connectivity index (χ3v) is 4.36. The van der Waals surface area contributed by atoms with Gasteiger partial charge in [0, 0.05) is 0 Å². The lowest BCUT2D eigenvalue weighted by atomic mass is 10.2. The molecule has 0 fully saturated rings. The van der Waals surface area contributed by atoms with Crippen molar-refractivity contribution in [2.24, 2.45) is 14.1 Å². The Morgan fingerprint density at radius 1 is 0.727 bits per heavy atom. The van der Waals surface area contributed by atoms with E-state index in [1.54, 1.807) is 0 Å². The van der Waals surface area contributed by atoms with Crippen LogP contribution in [0.2, 0.25) is 0 Å². The zero-order chi connectivity index (χ0) is 15.9. The molecule has 0 atom stereocenters. The van der Waals surface area contributed by atoms with E-state index in [1.165, 1.54) is 50.2 Å². The van der Waals surface area contributed by atoms with Crippen molar-refractivity contribution in [2.75, 3.05) is 0 Å². The molecule has 4 nitrogen and oxygen atoms in total. The van der Waals surface area contributed by atoms with Crippen LogP contribution in [0.1, 0.15) is 52.4 Å². The Morgan fingerprint density at radius 2 is 1.23 bits per heavy atom. The lowest BCUT2D eigenvalue weighted by molar-refractivity contribution is -0.690. The predicted molar refractivity (Wildman–Crippen MR) is 89.3 cm³/mol. The van der Waals surface area contributed by atoms with Gasteiger partial charge in [-0.1, -0.05) is 33.1 Å². The summed E-state index contributed by atoms with van der Waals surface area (Å²) in [5, 5.41) is 0. The van der Waals surface area contributed by atoms with Crippen LogP contribution in [-0.2, 0) is 27.2 Å². The monoisotopic (exact) mass is 304 g/mol. The first kappa shape index (κ1) is 16.8. The fourth-order valence-corrected chi connectivity index (χ4v) is 3.02. The summed E-state index contributed by atoms with van der Waals surface area (Å²) in [6.07, 6.45) is 16.4. The normalized spacial score (nSPS) is 11.3. The van der Waals surface area contributed by atoms with Crippen molar-refractivity contribution in [1.29, 1.82) is 0 Å². The molecule has 0 bridgehead atoms. The van der Waals surface area contributed by atoms with Crippen LogP contribution in [0.15, 0.2) is 24.8 Å². The molecular weight excluding hydrogens is 272 g/mol. The molecule has 0 aliphatic carbocycles. The van der Waals surface area contributed by atoms with E-state index < -0.39 is 0 Å². The summed E-state index contributed by atoms with van der Waals surface area (Å²) in [6.45, 7) is 6.71. The van der Waals surface area contributed by atoms with Crippen LogP contribution in [-0.4, -0.2) is 9.13 Å². The summed E-state index contributed by atoms with van der Waals surface area (Å²) in [5.74, 6) is 2.61. The largest absolute Gasteiger partial charge is 0.373 e. The zero-order valence-corrected chi connectivity index (χ0v) is 14.8. The first-order valence-corrected chi connectivity index (χ1v) is 8.78. The molecule has 2 aromatic rings. The van der Waals surface area contributed by atoms with Crippen molar-refractivity contribution in [3.05, 3.63) is 24.8 Å². The van der Waals surface area contributed by atoms with Gasteiger partial charge in [-0.2, -0.15) is 0 Å². The molecular formula is C18H32N4+2. The van der Waals surface area contributed by atoms with Crippen LogP contribution in [0.3, 0.4) is 0 Å². The number of aryl methyl sites for hydroxylation is 4. The molecule has 2 heterocycles. The van der Waals surface area contributed by atoms with Gasteiger partial charge in [0.25, 0.3) is 0 Å². The molecule has 2 aromatic heterocycles. The second-order valence-electron chi connectivity index (χ2n) is 6.27. The Balaban J connectivity index is 2.24. The van der Waals surface area contributed by atoms with Crippen LogP contribution >= 0.6 is 0 Å². The number of nitrogens with zero attached hydrogens (tertiary/aromatic N) is 4. The maximum atomic E-state index is 2.41. The Morgan fingerprint density at radius 3 is 1.73 bits per heavy atom. The highest BCUT2D eigenvalue weighted by molar-refractivity contribution is 5.36. The van der Waals surface area contributed by atoms with Crippen molar-refractivity contribution >= 4 is 0 Å². The summed E-state index contributed by atoms with van der Waals surface area (Å²) < 4.78 is 9.29. The van der Waals surface area contributed by atoms with E-state index in [2.05, 4.69) is 71.0 Å². The number of imidazole rings is 2. The first-order valence-electron chi connectivity index (χ1n) is 8.78. The Labute approximate surface area is 135 Å². The van der Waals surface area contributed by atoms with Gasteiger partial charge in [-0.15, -0.1) is 0 Å². The molecule has 0 N–H and O–H groups in total. The van der Waals surface area contributed by atoms with E-state index in [4.69, 9.17) is 0 Å². The number of hydrogen-bond acceptors (Lipinski definition) is 0. The number of unbranched alkanes of at least 4 members (excludes halogenated alkanes) is 4. The van der Waals surface area contributed by atoms with E-state index in [-0.39, 0.29) is 0 Å². The maximum Gasteiger partial charge on any atom is 0.373 e. The second kappa shape index (κ2) is 8.16. The lowest BCUT2D eigenvalue weighted by Crippen LogP contribution is -2.38. The molecule has 0 unspecified atom stereocenters. The number of aromatic nitrogens is 4. The smallest absolute Gasteiger partial charge is 0.226 e. The van der Waals surface area contributed by atoms with E-state index in [1.807, 2.05) is 0 Å². The van der Waals surface area contributed by atoms with Crippen LogP contribution in [0, 0.1) is 0 Å². The van der Waals surface area contributed by atoms with Crippen molar-refractivity contribution in [3.8, 4) is 11.6 Å². The predicted octanol–water partition coefficient (Wildman–Crippen LogP) is 2.99. The van der Waals surface area contributed by atoms with Gasteiger partial charge in [-0.25, -0.2) is 18.3 Å². The Bertz CT molecular complexity index is 580. The average molecular weight is 304 g/mol. The second-order valence-corrected chi connectivity index (χ2v) is 6.27. The minimum Gasteiger partial charge on any atom is -0.226 e. The van der Waals surface area contributed by atoms with Gasteiger partial charge in [0.1, 0.15) is 24.8 Å². The fraction of sp³-hybridized carbons (Fsp3) is 0.667. The van der Waals surface area contributed by atoms with Crippen LogP contribution in [0.4, 0.5) is 0 Å². The highest BCUT2D eigenvalue weighted by atomic mass is 15.2. The van der Waals surface area contributed by atoms with Crippen molar-refractivity contribution < 1.29 is 9.13 Å². The topological polar surface area (TPSA) is 17.6 Å². The van der Waals surface area contributed by atoms with E-state index >= 15 is 0 Å². The number of hydrogen-bond donors (Lipinski definition) is 0. The molecule has 0 aliphatic rings. The minimum absolute atomic E-state index is 1.09. The minimum atomic E-state index is 1.09. The molecule has 22 heavy (non-hydrogen) atoms. The van der Waals surface area contributed by atoms with Gasteiger partial charge in [-0.3, -0.25) is 0 Å². The third kappa shape index (κ3) is 3.79. The fourth-order valence-electron chi connectivity index (χ4n) is 3.02. The van der Waals surface area contributed by atoms with Gasteiger partial charge < -0.3 is 0 Å². The Hall–Kier alpha value is -1.58. The molecule has 0 saturated carbocycles. The molecule has 0 amide bonds. The Kier molecular flexibility index (Phi) is 6.22. The van der Waals surface area contributed by atoms with Crippen LogP contribution in [0.25, 0.3) is 11.6 Å². The van der Waals surface area contributed by atoms with Crippen LogP contribution < -0.4 is 9.13 Å². The van der Waals surface area contributed by atoms with Crippen LogP contribution in [0.5, 0.6) is 0 Å². The molecule has 0 aliphatic heterocycles. The summed E-state index contributed by atoms with van der Waals surface area (Å²) in [5.41, 5.74) is 0. The average Bonchev–Trinajstić information content (AvgIpc) is 3.04. The maximum absolute atomic E-state index is 2.41.